The van der Waals surface area contributed by atoms with E-state index < -0.39 is 0 Å². The Morgan fingerprint density at radius 3 is 1.57 bits per heavy atom. The number of hydrogen-bond acceptors (Lipinski definition) is 6. The molecule has 0 aliphatic carbocycles. The number of benzene rings is 1. The summed E-state index contributed by atoms with van der Waals surface area (Å²) in [5.41, 5.74) is 1.90. The van der Waals surface area contributed by atoms with Crippen LogP contribution in [0, 0.1) is 6.67 Å². The smallest absolute Gasteiger partial charge is 0.508 e. The Kier molecular flexibility index (Phi) is 11.5. The summed E-state index contributed by atoms with van der Waals surface area (Å²) in [6.07, 6.45) is 12.9. The van der Waals surface area contributed by atoms with Crippen LogP contribution in [0.4, 0.5) is 11.6 Å². The maximum atomic E-state index is 4.57. The average Bonchev–Trinajstić information content (AvgIpc) is 3.52. The Hall–Kier alpha value is -3.31. The van der Waals surface area contributed by atoms with Crippen molar-refractivity contribution in [1.82, 2.24) is 19.8 Å². The maximum absolute atomic E-state index is 4.57. The Morgan fingerprint density at radius 2 is 1.16 bits per heavy atom. The zero-order valence-electron chi connectivity index (χ0n) is 21.3. The predicted molar refractivity (Wildman–Crippen MR) is 147 cm³/mol. The molecule has 2 aliphatic heterocycles. The van der Waals surface area contributed by atoms with Gasteiger partial charge in [-0.2, -0.15) is 6.67 Å². The summed E-state index contributed by atoms with van der Waals surface area (Å²) in [6, 6.07) is 19.1. The van der Waals surface area contributed by atoms with Crippen molar-refractivity contribution in [2.45, 2.75) is 39.5 Å². The second-order valence-electron chi connectivity index (χ2n) is 8.50. The maximum Gasteiger partial charge on any atom is 2.00 e. The molecule has 0 amide bonds. The molecular formula is C29H33N7Pt. The van der Waals surface area contributed by atoms with Crippen LogP contribution in [0.15, 0.2) is 95.4 Å². The van der Waals surface area contributed by atoms with Crippen LogP contribution in [-0.2, 0) is 21.1 Å². The number of unbranched alkanes of at least 4 members (excludes halogenated alkanes) is 2. The molecule has 1 aromatic carbocycles. The number of aliphatic imine (C=N–C) groups is 2. The van der Waals surface area contributed by atoms with E-state index in [1.807, 2.05) is 60.7 Å². The monoisotopic (exact) mass is 674 g/mol. The summed E-state index contributed by atoms with van der Waals surface area (Å²) in [6.45, 7) is 9.00. The van der Waals surface area contributed by atoms with Gasteiger partial charge in [0.2, 0.25) is 0 Å². The number of hydrogen-bond donors (Lipinski definition) is 0. The van der Waals surface area contributed by atoms with E-state index in [-0.39, 0.29) is 21.1 Å². The van der Waals surface area contributed by atoms with E-state index >= 15 is 0 Å². The fraction of sp³-hybridized carbons (Fsp3) is 0.276. The number of fused-ring (bicyclic) bond motifs is 1. The first kappa shape index (κ1) is 28.3. The number of amidine groups is 2. The summed E-state index contributed by atoms with van der Waals surface area (Å²) < 4.78 is 0. The first-order valence-electron chi connectivity index (χ1n) is 12.6. The molecule has 2 aromatic heterocycles. The third-order valence-corrected chi connectivity index (χ3v) is 5.65. The average molecular weight is 675 g/mol. The van der Waals surface area contributed by atoms with Crippen LogP contribution in [0.1, 0.15) is 50.7 Å². The van der Waals surface area contributed by atoms with Gasteiger partial charge in [0, 0.05) is 24.1 Å². The molecule has 0 bridgehead atoms. The van der Waals surface area contributed by atoms with Gasteiger partial charge in [-0.05, 0) is 73.7 Å². The number of nitrogens with zero attached hydrogens (tertiary/aromatic N) is 7. The van der Waals surface area contributed by atoms with E-state index in [2.05, 4.69) is 68.0 Å². The third-order valence-electron chi connectivity index (χ3n) is 5.65. The van der Waals surface area contributed by atoms with E-state index in [1.165, 1.54) is 25.7 Å². The Labute approximate surface area is 234 Å². The molecule has 7 nitrogen and oxygen atoms in total. The van der Waals surface area contributed by atoms with Gasteiger partial charge in [-0.15, -0.1) is 0 Å². The van der Waals surface area contributed by atoms with Crippen LogP contribution in [0.25, 0.3) is 5.32 Å². The van der Waals surface area contributed by atoms with Crippen molar-refractivity contribution in [3.8, 4) is 0 Å². The van der Waals surface area contributed by atoms with Gasteiger partial charge in [-0.3, -0.25) is 9.97 Å². The molecule has 0 fully saturated rings. The Bertz CT molecular complexity index is 1090. The minimum absolute atomic E-state index is 0. The van der Waals surface area contributed by atoms with Crippen LogP contribution in [-0.4, -0.2) is 44.5 Å². The molecule has 4 heterocycles. The zero-order valence-corrected chi connectivity index (χ0v) is 23.6. The van der Waals surface area contributed by atoms with Crippen molar-refractivity contribution in [1.29, 1.82) is 0 Å². The fourth-order valence-electron chi connectivity index (χ4n) is 3.71. The SMILES string of the molecule is CCCCN1C=CN(CCCC)[CH-]1.[Pt+2].c1ccc(/N=C2\[N-]/C(=N\c3ccccn3)c3ccccc32)nc1. The summed E-state index contributed by atoms with van der Waals surface area (Å²) in [7, 11) is 0. The number of pyridine rings is 2. The number of rotatable bonds is 8. The minimum Gasteiger partial charge on any atom is -0.508 e. The molecule has 0 unspecified atom stereocenters. The van der Waals surface area contributed by atoms with E-state index in [0.717, 1.165) is 24.2 Å². The van der Waals surface area contributed by atoms with E-state index in [9.17, 15) is 0 Å². The van der Waals surface area contributed by atoms with Crippen molar-refractivity contribution in [2.75, 3.05) is 13.1 Å². The summed E-state index contributed by atoms with van der Waals surface area (Å²) in [4.78, 5) is 22.1. The fourth-order valence-corrected chi connectivity index (χ4v) is 3.71. The first-order valence-corrected chi connectivity index (χ1v) is 12.6. The molecule has 5 rings (SSSR count). The normalized spacial score (nSPS) is 15.7. The summed E-state index contributed by atoms with van der Waals surface area (Å²) in [5, 5.41) is 4.57. The zero-order chi connectivity index (χ0) is 25.0. The standard InChI is InChI=1S/C18H12N5.C11H21N2.Pt/c1-2-8-14-13(7-1)17(21-15-9-3-5-11-19-15)23-18(14)22-16-10-4-6-12-20-16;1-3-5-7-12-9-10-13(11-12)8-6-4-2;/h1-12H;9-11H,3-8H2,1-2H3;/q2*-1;+2. The molecule has 194 valence electrons. The minimum atomic E-state index is 0. The molecule has 37 heavy (non-hydrogen) atoms. The quantitative estimate of drug-likeness (QED) is 0.246. The second-order valence-corrected chi connectivity index (χ2v) is 8.50. The molecule has 0 saturated heterocycles. The van der Waals surface area contributed by atoms with Crippen LogP contribution in [0.2, 0.25) is 0 Å². The van der Waals surface area contributed by atoms with Gasteiger partial charge in [0.05, 0.1) is 11.6 Å². The largest absolute Gasteiger partial charge is 2.00 e. The molecule has 0 atom stereocenters. The van der Waals surface area contributed by atoms with Crippen LogP contribution in [0.5, 0.6) is 0 Å². The molecule has 3 aromatic rings. The van der Waals surface area contributed by atoms with Crippen molar-refractivity contribution in [3.05, 3.63) is 109 Å². The second kappa shape index (κ2) is 15.1. The molecule has 2 aliphatic rings. The molecular weight excluding hydrogens is 641 g/mol. The molecule has 0 N–H and O–H groups in total. The van der Waals surface area contributed by atoms with E-state index in [1.54, 1.807) is 12.4 Å². The molecule has 0 radical (unpaired) electrons. The molecule has 0 spiro atoms. The van der Waals surface area contributed by atoms with E-state index in [0.29, 0.717) is 23.3 Å². The van der Waals surface area contributed by atoms with Crippen LogP contribution < -0.4 is 0 Å². The van der Waals surface area contributed by atoms with Gasteiger partial charge >= 0.3 is 21.1 Å². The Morgan fingerprint density at radius 1 is 0.703 bits per heavy atom. The van der Waals surface area contributed by atoms with Gasteiger partial charge < -0.3 is 25.1 Å². The summed E-state index contributed by atoms with van der Waals surface area (Å²) in [5.74, 6) is 2.49. The van der Waals surface area contributed by atoms with Gasteiger partial charge in [0.15, 0.2) is 0 Å². The van der Waals surface area contributed by atoms with Crippen LogP contribution >= 0.6 is 0 Å². The predicted octanol–water partition coefficient (Wildman–Crippen LogP) is 6.81. The van der Waals surface area contributed by atoms with Crippen LogP contribution in [0.3, 0.4) is 0 Å². The van der Waals surface area contributed by atoms with Crippen molar-refractivity contribution in [3.63, 3.8) is 0 Å². The third kappa shape index (κ3) is 8.36. The number of aromatic nitrogens is 2. The molecule has 8 heteroatoms. The van der Waals surface area contributed by atoms with Crippen molar-refractivity contribution >= 4 is 23.3 Å². The topological polar surface area (TPSA) is 71.1 Å². The van der Waals surface area contributed by atoms with Crippen molar-refractivity contribution < 1.29 is 21.1 Å². The molecule has 0 saturated carbocycles. The van der Waals surface area contributed by atoms with E-state index in [4.69, 9.17) is 0 Å². The van der Waals surface area contributed by atoms with Gasteiger partial charge in [-0.1, -0.05) is 63.1 Å². The van der Waals surface area contributed by atoms with Gasteiger partial charge in [0.1, 0.15) is 0 Å². The Balaban J connectivity index is 0.000000234. The summed E-state index contributed by atoms with van der Waals surface area (Å²) >= 11 is 0. The van der Waals surface area contributed by atoms with Crippen molar-refractivity contribution in [2.24, 2.45) is 9.98 Å². The van der Waals surface area contributed by atoms with Gasteiger partial charge in [0.25, 0.3) is 0 Å². The van der Waals surface area contributed by atoms with Gasteiger partial charge in [-0.25, -0.2) is 0 Å². The first-order chi connectivity index (χ1) is 17.8.